The van der Waals surface area contributed by atoms with Crippen LogP contribution in [0.4, 0.5) is 11.4 Å². The molecule has 1 aromatic carbocycles. The van der Waals surface area contributed by atoms with Crippen molar-refractivity contribution in [3.8, 4) is 0 Å². The third-order valence-electron chi connectivity index (χ3n) is 3.75. The molecule has 0 aromatic heterocycles. The average molecular weight is 248 g/mol. The molecule has 0 radical (unpaired) electrons. The van der Waals surface area contributed by atoms with Crippen molar-refractivity contribution in [1.82, 2.24) is 0 Å². The van der Waals surface area contributed by atoms with Gasteiger partial charge in [-0.25, -0.2) is 0 Å². The Bertz CT molecular complexity index is 310. The molecule has 0 bridgehead atoms. The Hall–Kier alpha value is -1.18. The number of nitrogens with zero attached hydrogens (tertiary/aromatic N) is 1. The van der Waals surface area contributed by atoms with E-state index in [-0.39, 0.29) is 0 Å². The van der Waals surface area contributed by atoms with E-state index in [4.69, 9.17) is 0 Å². The van der Waals surface area contributed by atoms with Crippen molar-refractivity contribution in [2.24, 2.45) is 5.92 Å². The van der Waals surface area contributed by atoms with E-state index in [0.717, 1.165) is 25.6 Å². The molecule has 2 nitrogen and oxygen atoms in total. The number of benzene rings is 1. The van der Waals surface area contributed by atoms with Crippen LogP contribution in [0, 0.1) is 5.92 Å². The Morgan fingerprint density at radius 3 is 1.94 bits per heavy atom. The van der Waals surface area contributed by atoms with Gasteiger partial charge in [-0.1, -0.05) is 26.7 Å². The van der Waals surface area contributed by atoms with Gasteiger partial charge < -0.3 is 10.2 Å². The van der Waals surface area contributed by atoms with E-state index >= 15 is 0 Å². The van der Waals surface area contributed by atoms with Crippen molar-refractivity contribution < 1.29 is 0 Å². The average Bonchev–Trinajstić information content (AvgIpc) is 2.43. The molecule has 2 heteroatoms. The van der Waals surface area contributed by atoms with E-state index in [1.807, 2.05) is 0 Å². The zero-order valence-electron chi connectivity index (χ0n) is 12.4. The zero-order valence-corrected chi connectivity index (χ0v) is 12.4. The van der Waals surface area contributed by atoms with Gasteiger partial charge in [0, 0.05) is 31.0 Å². The first kappa shape index (κ1) is 14.9. The van der Waals surface area contributed by atoms with Crippen LogP contribution in [-0.2, 0) is 0 Å². The topological polar surface area (TPSA) is 15.3 Å². The van der Waals surface area contributed by atoms with Crippen LogP contribution >= 0.6 is 0 Å². The predicted molar refractivity (Wildman–Crippen MR) is 82.6 cm³/mol. The lowest BCUT2D eigenvalue weighted by atomic mass is 10.0. The molecule has 0 unspecified atom stereocenters. The SMILES string of the molecule is CCC(CC)CNc1ccc(N(CC)CC)cc1. The third-order valence-corrected chi connectivity index (χ3v) is 3.75. The molecule has 0 aliphatic carbocycles. The highest BCUT2D eigenvalue weighted by molar-refractivity contribution is 5.55. The van der Waals surface area contributed by atoms with Gasteiger partial charge in [0.05, 0.1) is 0 Å². The fourth-order valence-corrected chi connectivity index (χ4v) is 2.22. The van der Waals surface area contributed by atoms with Crippen molar-refractivity contribution in [3.63, 3.8) is 0 Å². The fraction of sp³-hybridized carbons (Fsp3) is 0.625. The summed E-state index contributed by atoms with van der Waals surface area (Å²) in [6.07, 6.45) is 2.50. The zero-order chi connectivity index (χ0) is 13.4. The normalized spacial score (nSPS) is 10.7. The Morgan fingerprint density at radius 2 is 1.50 bits per heavy atom. The maximum Gasteiger partial charge on any atom is 0.0367 e. The quantitative estimate of drug-likeness (QED) is 0.734. The van der Waals surface area contributed by atoms with Gasteiger partial charge >= 0.3 is 0 Å². The molecule has 0 heterocycles. The van der Waals surface area contributed by atoms with Crippen LogP contribution in [0.25, 0.3) is 0 Å². The molecule has 0 spiro atoms. The van der Waals surface area contributed by atoms with Crippen molar-refractivity contribution >= 4 is 11.4 Å². The fourth-order valence-electron chi connectivity index (χ4n) is 2.22. The number of hydrogen-bond donors (Lipinski definition) is 1. The maximum atomic E-state index is 3.53. The first-order valence-electron chi connectivity index (χ1n) is 7.33. The number of anilines is 2. The van der Waals surface area contributed by atoms with Crippen LogP contribution in [0.15, 0.2) is 24.3 Å². The Labute approximate surface area is 112 Å². The molecule has 0 amide bonds. The standard InChI is InChI=1S/C16H28N2/c1-5-14(6-2)13-17-15-9-11-16(12-10-15)18(7-3)8-4/h9-12,14,17H,5-8,13H2,1-4H3. The van der Waals surface area contributed by atoms with Gasteiger partial charge in [0.15, 0.2) is 0 Å². The van der Waals surface area contributed by atoms with Gasteiger partial charge in [0.2, 0.25) is 0 Å². The van der Waals surface area contributed by atoms with Crippen LogP contribution in [0.3, 0.4) is 0 Å². The first-order valence-corrected chi connectivity index (χ1v) is 7.33. The van der Waals surface area contributed by atoms with Gasteiger partial charge in [-0.3, -0.25) is 0 Å². The second kappa shape index (κ2) is 8.02. The highest BCUT2D eigenvalue weighted by Crippen LogP contribution is 2.18. The molecule has 1 N–H and O–H groups in total. The minimum atomic E-state index is 0.785. The second-order valence-electron chi connectivity index (χ2n) is 4.78. The largest absolute Gasteiger partial charge is 0.385 e. The van der Waals surface area contributed by atoms with Crippen molar-refractivity contribution in [1.29, 1.82) is 0 Å². The molecule has 0 atom stereocenters. The summed E-state index contributed by atoms with van der Waals surface area (Å²) in [5.74, 6) is 0.785. The molecule has 0 aliphatic rings. The molecule has 0 saturated heterocycles. The Balaban J connectivity index is 2.54. The number of rotatable bonds is 8. The van der Waals surface area contributed by atoms with Crippen molar-refractivity contribution in [2.45, 2.75) is 40.5 Å². The molecule has 1 rings (SSSR count). The summed E-state index contributed by atoms with van der Waals surface area (Å²) in [7, 11) is 0. The van der Waals surface area contributed by atoms with Gasteiger partial charge in [-0.2, -0.15) is 0 Å². The van der Waals surface area contributed by atoms with Crippen LogP contribution in [0.5, 0.6) is 0 Å². The van der Waals surface area contributed by atoms with E-state index in [9.17, 15) is 0 Å². The van der Waals surface area contributed by atoms with Crippen LogP contribution in [0.1, 0.15) is 40.5 Å². The summed E-state index contributed by atoms with van der Waals surface area (Å²) < 4.78 is 0. The monoisotopic (exact) mass is 248 g/mol. The van der Waals surface area contributed by atoms with E-state index in [2.05, 4.69) is 62.2 Å². The van der Waals surface area contributed by atoms with E-state index in [1.165, 1.54) is 24.2 Å². The highest BCUT2D eigenvalue weighted by Gasteiger charge is 2.04. The summed E-state index contributed by atoms with van der Waals surface area (Å²) in [6, 6.07) is 8.80. The predicted octanol–water partition coefficient (Wildman–Crippen LogP) is 4.38. The molecule has 0 saturated carbocycles. The number of hydrogen-bond acceptors (Lipinski definition) is 2. The van der Waals surface area contributed by atoms with E-state index in [0.29, 0.717) is 0 Å². The van der Waals surface area contributed by atoms with E-state index < -0.39 is 0 Å². The Kier molecular flexibility index (Phi) is 6.63. The lowest BCUT2D eigenvalue weighted by molar-refractivity contribution is 0.519. The molecular weight excluding hydrogens is 220 g/mol. The molecular formula is C16H28N2. The van der Waals surface area contributed by atoms with Crippen molar-refractivity contribution in [3.05, 3.63) is 24.3 Å². The summed E-state index contributed by atoms with van der Waals surface area (Å²) in [5, 5.41) is 3.53. The highest BCUT2D eigenvalue weighted by atomic mass is 15.1. The lowest BCUT2D eigenvalue weighted by Crippen LogP contribution is -2.21. The summed E-state index contributed by atoms with van der Waals surface area (Å²) >= 11 is 0. The van der Waals surface area contributed by atoms with Crippen LogP contribution in [0.2, 0.25) is 0 Å². The Morgan fingerprint density at radius 1 is 0.944 bits per heavy atom. The van der Waals surface area contributed by atoms with E-state index in [1.54, 1.807) is 0 Å². The minimum Gasteiger partial charge on any atom is -0.385 e. The van der Waals surface area contributed by atoms with Crippen LogP contribution in [-0.4, -0.2) is 19.6 Å². The van der Waals surface area contributed by atoms with Gasteiger partial charge in [-0.15, -0.1) is 0 Å². The minimum absolute atomic E-state index is 0.785. The van der Waals surface area contributed by atoms with Gasteiger partial charge in [-0.05, 0) is 44.0 Å². The summed E-state index contributed by atoms with van der Waals surface area (Å²) in [5.41, 5.74) is 2.55. The molecule has 0 aliphatic heterocycles. The van der Waals surface area contributed by atoms with Crippen LogP contribution < -0.4 is 10.2 Å². The molecule has 18 heavy (non-hydrogen) atoms. The third kappa shape index (κ3) is 4.25. The molecule has 0 fully saturated rings. The second-order valence-corrected chi connectivity index (χ2v) is 4.78. The summed E-state index contributed by atoms with van der Waals surface area (Å²) in [4.78, 5) is 2.37. The molecule has 1 aromatic rings. The lowest BCUT2D eigenvalue weighted by Gasteiger charge is -2.21. The number of nitrogens with one attached hydrogen (secondary N) is 1. The summed E-state index contributed by atoms with van der Waals surface area (Å²) in [6.45, 7) is 12.1. The molecule has 102 valence electrons. The van der Waals surface area contributed by atoms with Gasteiger partial charge in [0.25, 0.3) is 0 Å². The van der Waals surface area contributed by atoms with Gasteiger partial charge in [0.1, 0.15) is 0 Å². The smallest absolute Gasteiger partial charge is 0.0367 e. The van der Waals surface area contributed by atoms with Crippen molar-refractivity contribution in [2.75, 3.05) is 29.9 Å². The maximum absolute atomic E-state index is 3.53. The first-order chi connectivity index (χ1) is 8.74.